The van der Waals surface area contributed by atoms with E-state index in [0.717, 1.165) is 6.20 Å². The molecule has 17 heavy (non-hydrogen) atoms. The van der Waals surface area contributed by atoms with E-state index in [1.54, 1.807) is 0 Å². The van der Waals surface area contributed by atoms with Crippen molar-refractivity contribution in [3.05, 3.63) is 16.3 Å². The summed E-state index contributed by atoms with van der Waals surface area (Å²) in [5.74, 6) is 0. The van der Waals surface area contributed by atoms with Gasteiger partial charge in [-0.15, -0.1) is 0 Å². The number of amides is 1. The lowest BCUT2D eigenvalue weighted by Crippen LogP contribution is -2.21. The first kappa shape index (κ1) is 14.2. The number of anilines is 1. The molecule has 0 unspecified atom stereocenters. The molecule has 0 radical (unpaired) electrons. The average Bonchev–Trinajstić information content (AvgIpc) is 2.62. The highest BCUT2D eigenvalue weighted by Crippen LogP contribution is 2.27. The van der Waals surface area contributed by atoms with Crippen LogP contribution in [0, 0.1) is 10.1 Å². The molecule has 0 aliphatic heterocycles. The first-order valence-electron chi connectivity index (χ1n) is 3.88. The van der Waals surface area contributed by atoms with Crippen molar-refractivity contribution in [2.45, 2.75) is 3.79 Å². The van der Waals surface area contributed by atoms with Crippen molar-refractivity contribution >= 4 is 62.4 Å². The summed E-state index contributed by atoms with van der Waals surface area (Å²) in [5, 5.41) is 12.3. The summed E-state index contributed by atoms with van der Waals surface area (Å²) < 4.78 is 2.81. The van der Waals surface area contributed by atoms with Crippen LogP contribution in [0.15, 0.2) is 6.20 Å². The molecule has 0 aliphatic rings. The Kier molecular flexibility index (Phi) is 4.75. The molecule has 11 heteroatoms. The Bertz CT molecular complexity index is 432. The van der Waals surface area contributed by atoms with E-state index in [2.05, 4.69) is 15.0 Å². The van der Waals surface area contributed by atoms with Crippen LogP contribution in [0.3, 0.4) is 0 Å². The molecule has 94 valence electrons. The molecule has 1 aromatic heterocycles. The molecule has 0 atom stereocenters. The standard InChI is InChI=1S/C6H4Cl3N3O4S/c7-6(8,9)2-16-5(13)11-4-10-1-3(17-4)12(14)15/h1H,2H2,(H,10,11,13). The Hall–Kier alpha value is -0.830. The van der Waals surface area contributed by atoms with Crippen molar-refractivity contribution in [1.82, 2.24) is 4.98 Å². The van der Waals surface area contributed by atoms with Crippen molar-refractivity contribution < 1.29 is 14.5 Å². The molecule has 1 amide bonds. The van der Waals surface area contributed by atoms with E-state index in [9.17, 15) is 14.9 Å². The highest BCUT2D eigenvalue weighted by molar-refractivity contribution is 7.18. The summed E-state index contributed by atoms with van der Waals surface area (Å²) in [7, 11) is 0. The Balaban J connectivity index is 2.48. The normalized spacial score (nSPS) is 11.0. The zero-order chi connectivity index (χ0) is 13.1. The number of nitro groups is 1. The van der Waals surface area contributed by atoms with Crippen LogP contribution >= 0.6 is 46.1 Å². The fourth-order valence-corrected chi connectivity index (χ4v) is 1.46. The number of aromatic nitrogens is 1. The lowest BCUT2D eigenvalue weighted by atomic mass is 10.8. The molecule has 1 rings (SSSR count). The molecule has 0 fully saturated rings. The summed E-state index contributed by atoms with van der Waals surface area (Å²) in [6, 6.07) is 0. The van der Waals surface area contributed by atoms with Crippen molar-refractivity contribution in [3.63, 3.8) is 0 Å². The lowest BCUT2D eigenvalue weighted by molar-refractivity contribution is -0.380. The number of ether oxygens (including phenoxy) is 1. The van der Waals surface area contributed by atoms with Gasteiger partial charge >= 0.3 is 11.1 Å². The number of halogens is 3. The summed E-state index contributed by atoms with van der Waals surface area (Å²) in [6.07, 6.45) is 0.0930. The van der Waals surface area contributed by atoms with Crippen LogP contribution in [0.1, 0.15) is 0 Å². The van der Waals surface area contributed by atoms with Crippen molar-refractivity contribution in [2.24, 2.45) is 0 Å². The first-order chi connectivity index (χ1) is 7.78. The number of alkyl halides is 3. The molecule has 1 N–H and O–H groups in total. The maximum atomic E-state index is 11.1. The molecule has 0 spiro atoms. The van der Waals surface area contributed by atoms with Gasteiger partial charge in [0.2, 0.25) is 3.79 Å². The Labute approximate surface area is 114 Å². The number of nitrogens with one attached hydrogen (secondary N) is 1. The highest BCUT2D eigenvalue weighted by Gasteiger charge is 2.22. The second kappa shape index (κ2) is 5.67. The van der Waals surface area contributed by atoms with Gasteiger partial charge in [0.15, 0.2) is 5.13 Å². The molecule has 0 saturated carbocycles. The van der Waals surface area contributed by atoms with Gasteiger partial charge in [-0.25, -0.2) is 9.78 Å². The summed E-state index contributed by atoms with van der Waals surface area (Å²) in [6.45, 7) is -0.447. The van der Waals surface area contributed by atoms with E-state index in [1.165, 1.54) is 0 Å². The SMILES string of the molecule is O=C(Nc1ncc([N+](=O)[O-])s1)OCC(Cl)(Cl)Cl. The van der Waals surface area contributed by atoms with E-state index < -0.39 is 21.4 Å². The van der Waals surface area contributed by atoms with Crippen LogP contribution in [-0.4, -0.2) is 26.4 Å². The summed E-state index contributed by atoms with van der Waals surface area (Å²) in [4.78, 5) is 24.4. The van der Waals surface area contributed by atoms with Gasteiger partial charge in [-0.05, 0) is 11.3 Å². The molecular formula is C6H4Cl3N3O4S. The molecule has 7 nitrogen and oxygen atoms in total. The smallest absolute Gasteiger partial charge is 0.413 e. The molecule has 0 aromatic carbocycles. The van der Waals surface area contributed by atoms with Crippen LogP contribution in [0.2, 0.25) is 0 Å². The third kappa shape index (κ3) is 5.35. The van der Waals surface area contributed by atoms with Gasteiger partial charge < -0.3 is 4.74 Å². The predicted molar refractivity (Wildman–Crippen MR) is 64.0 cm³/mol. The van der Waals surface area contributed by atoms with E-state index in [4.69, 9.17) is 34.8 Å². The number of carbonyl (C=O) groups excluding carboxylic acids is 1. The van der Waals surface area contributed by atoms with Crippen LogP contribution in [0.25, 0.3) is 0 Å². The van der Waals surface area contributed by atoms with Crippen molar-refractivity contribution in [3.8, 4) is 0 Å². The summed E-state index contributed by atoms with van der Waals surface area (Å²) in [5.41, 5.74) is 0. The number of thiazole rings is 1. The monoisotopic (exact) mass is 319 g/mol. The van der Waals surface area contributed by atoms with Crippen molar-refractivity contribution in [2.75, 3.05) is 11.9 Å². The van der Waals surface area contributed by atoms with Crippen LogP contribution in [0.5, 0.6) is 0 Å². The van der Waals surface area contributed by atoms with Crippen LogP contribution in [-0.2, 0) is 4.74 Å². The number of rotatable bonds is 3. The maximum Gasteiger partial charge on any atom is 0.413 e. The lowest BCUT2D eigenvalue weighted by Gasteiger charge is -2.10. The third-order valence-electron chi connectivity index (χ3n) is 1.25. The topological polar surface area (TPSA) is 94.4 Å². The second-order valence-electron chi connectivity index (χ2n) is 2.58. The van der Waals surface area contributed by atoms with Crippen molar-refractivity contribution in [1.29, 1.82) is 0 Å². The van der Waals surface area contributed by atoms with Gasteiger partial charge in [-0.1, -0.05) is 34.8 Å². The van der Waals surface area contributed by atoms with Gasteiger partial charge in [0.05, 0.1) is 4.92 Å². The molecule has 0 aliphatic carbocycles. The number of hydrogen-bond acceptors (Lipinski definition) is 6. The minimum absolute atomic E-state index is 0.0195. The zero-order valence-corrected chi connectivity index (χ0v) is 10.9. The minimum Gasteiger partial charge on any atom is -0.445 e. The van der Waals surface area contributed by atoms with Gasteiger partial charge in [0.1, 0.15) is 12.8 Å². The predicted octanol–water partition coefficient (Wildman–Crippen LogP) is 2.97. The quantitative estimate of drug-likeness (QED) is 0.525. The second-order valence-corrected chi connectivity index (χ2v) is 6.10. The number of hydrogen-bond donors (Lipinski definition) is 1. The fourth-order valence-electron chi connectivity index (χ4n) is 0.679. The van der Waals surface area contributed by atoms with Gasteiger partial charge in [-0.3, -0.25) is 15.4 Å². The number of carbonyl (C=O) groups is 1. The van der Waals surface area contributed by atoms with E-state index in [1.807, 2.05) is 0 Å². The summed E-state index contributed by atoms with van der Waals surface area (Å²) >= 11 is 16.7. The van der Waals surface area contributed by atoms with Crippen LogP contribution in [0.4, 0.5) is 14.9 Å². The third-order valence-corrected chi connectivity index (χ3v) is 2.44. The molecule has 0 bridgehead atoms. The molecule has 1 aromatic rings. The van der Waals surface area contributed by atoms with Gasteiger partial charge in [-0.2, -0.15) is 0 Å². The molecule has 0 saturated heterocycles. The molecule has 1 heterocycles. The number of nitrogens with zero attached hydrogens (tertiary/aromatic N) is 2. The van der Waals surface area contributed by atoms with E-state index in [0.29, 0.717) is 11.3 Å². The van der Waals surface area contributed by atoms with Gasteiger partial charge in [0.25, 0.3) is 0 Å². The average molecular weight is 321 g/mol. The molecular weight excluding hydrogens is 317 g/mol. The van der Waals surface area contributed by atoms with Gasteiger partial charge in [0, 0.05) is 0 Å². The Morgan fingerprint density at radius 3 is 2.76 bits per heavy atom. The Morgan fingerprint density at radius 1 is 1.65 bits per heavy atom. The van der Waals surface area contributed by atoms with Crippen LogP contribution < -0.4 is 5.32 Å². The van der Waals surface area contributed by atoms with E-state index >= 15 is 0 Å². The van der Waals surface area contributed by atoms with E-state index in [-0.39, 0.29) is 10.1 Å². The zero-order valence-electron chi connectivity index (χ0n) is 7.85. The largest absolute Gasteiger partial charge is 0.445 e. The fraction of sp³-hybridized carbons (Fsp3) is 0.333. The first-order valence-corrected chi connectivity index (χ1v) is 5.84. The maximum absolute atomic E-state index is 11.1. The highest BCUT2D eigenvalue weighted by atomic mass is 35.6. The minimum atomic E-state index is -1.72. The Morgan fingerprint density at radius 2 is 2.29 bits per heavy atom.